The van der Waals surface area contributed by atoms with Gasteiger partial charge in [0.05, 0.1) is 24.0 Å². The van der Waals surface area contributed by atoms with Gasteiger partial charge in [-0.3, -0.25) is 4.68 Å². The van der Waals surface area contributed by atoms with Crippen molar-refractivity contribution in [2.24, 2.45) is 7.05 Å². The topological polar surface area (TPSA) is 64.3 Å². The van der Waals surface area contributed by atoms with Crippen LogP contribution in [0.1, 0.15) is 26.3 Å². The molecule has 0 saturated carbocycles. The summed E-state index contributed by atoms with van der Waals surface area (Å²) >= 11 is 0. The van der Waals surface area contributed by atoms with E-state index in [1.54, 1.807) is 10.9 Å². The fourth-order valence-electron chi connectivity index (χ4n) is 1.99. The summed E-state index contributed by atoms with van der Waals surface area (Å²) in [5, 5.41) is 8.52. The average molecular weight is 244 g/mol. The minimum atomic E-state index is 0.354. The predicted octanol–water partition coefficient (Wildman–Crippen LogP) is 2.13. The molecule has 0 bridgehead atoms. The van der Waals surface area contributed by atoms with Crippen molar-refractivity contribution in [2.75, 3.05) is 0 Å². The molecule has 6 heteroatoms. The van der Waals surface area contributed by atoms with E-state index in [0.717, 1.165) is 29.0 Å². The van der Waals surface area contributed by atoms with E-state index in [0.29, 0.717) is 6.04 Å². The number of nitrogens with one attached hydrogen (secondary N) is 1. The lowest BCUT2D eigenvalue weighted by atomic mass is 10.3. The van der Waals surface area contributed by atoms with Gasteiger partial charge in [0.1, 0.15) is 11.3 Å². The van der Waals surface area contributed by atoms with Crippen LogP contribution < -0.4 is 0 Å². The maximum atomic E-state index is 4.62. The number of hydrogen-bond acceptors (Lipinski definition) is 3. The normalized spacial score (nSPS) is 13.3. The van der Waals surface area contributed by atoms with Gasteiger partial charge in [0.2, 0.25) is 0 Å². The van der Waals surface area contributed by atoms with Gasteiger partial charge in [-0.2, -0.15) is 10.2 Å². The molecule has 1 unspecified atom stereocenters. The van der Waals surface area contributed by atoms with Gasteiger partial charge in [-0.25, -0.2) is 9.67 Å². The predicted molar refractivity (Wildman–Crippen MR) is 69.1 cm³/mol. The summed E-state index contributed by atoms with van der Waals surface area (Å²) in [6, 6.07) is 0.354. The van der Waals surface area contributed by atoms with E-state index < -0.39 is 0 Å². The number of aromatic nitrogens is 6. The van der Waals surface area contributed by atoms with Crippen LogP contribution in [0.4, 0.5) is 0 Å². The summed E-state index contributed by atoms with van der Waals surface area (Å²) in [5.74, 6) is 0.840. The van der Waals surface area contributed by atoms with Crippen molar-refractivity contribution in [1.82, 2.24) is 29.5 Å². The minimum absolute atomic E-state index is 0.354. The van der Waals surface area contributed by atoms with Gasteiger partial charge in [0.25, 0.3) is 0 Å². The van der Waals surface area contributed by atoms with E-state index in [2.05, 4.69) is 34.0 Å². The second kappa shape index (κ2) is 3.97. The van der Waals surface area contributed by atoms with E-state index in [1.165, 1.54) is 0 Å². The number of fused-ring (bicyclic) bond motifs is 1. The van der Waals surface area contributed by atoms with E-state index in [4.69, 9.17) is 0 Å². The first-order valence-electron chi connectivity index (χ1n) is 6.11. The molecule has 0 aromatic carbocycles. The molecule has 3 aromatic heterocycles. The summed E-state index contributed by atoms with van der Waals surface area (Å²) in [6.45, 7) is 4.29. The summed E-state index contributed by atoms with van der Waals surface area (Å²) < 4.78 is 3.73. The van der Waals surface area contributed by atoms with Crippen molar-refractivity contribution in [2.45, 2.75) is 26.3 Å². The first-order valence-corrected chi connectivity index (χ1v) is 6.11. The summed E-state index contributed by atoms with van der Waals surface area (Å²) in [4.78, 5) is 7.89. The fourth-order valence-corrected chi connectivity index (χ4v) is 1.99. The summed E-state index contributed by atoms with van der Waals surface area (Å²) in [6.07, 6.45) is 6.61. The number of aryl methyl sites for hydroxylation is 1. The van der Waals surface area contributed by atoms with Gasteiger partial charge in [0.15, 0.2) is 5.65 Å². The molecule has 0 aliphatic rings. The third kappa shape index (κ3) is 1.61. The summed E-state index contributed by atoms with van der Waals surface area (Å²) in [5.41, 5.74) is 2.86. The maximum absolute atomic E-state index is 4.62. The Labute approximate surface area is 105 Å². The van der Waals surface area contributed by atoms with Crippen LogP contribution in [0.2, 0.25) is 0 Å². The first-order chi connectivity index (χ1) is 8.69. The van der Waals surface area contributed by atoms with Crippen LogP contribution in [0.5, 0.6) is 0 Å². The zero-order valence-corrected chi connectivity index (χ0v) is 10.8. The van der Waals surface area contributed by atoms with Crippen LogP contribution >= 0.6 is 0 Å². The number of H-pyrrole nitrogens is 1. The third-order valence-corrected chi connectivity index (χ3v) is 3.23. The molecule has 0 aliphatic heterocycles. The number of nitrogens with zero attached hydrogens (tertiary/aromatic N) is 5. The molecule has 6 nitrogen and oxygen atoms in total. The monoisotopic (exact) mass is 244 g/mol. The van der Waals surface area contributed by atoms with Crippen molar-refractivity contribution in [3.63, 3.8) is 0 Å². The van der Waals surface area contributed by atoms with E-state index in [9.17, 15) is 0 Å². The SMILES string of the molecule is CCC(C)n1ncc2[nH]c(-c3cnn(C)c3)nc21. The van der Waals surface area contributed by atoms with Crippen LogP contribution in [0, 0.1) is 0 Å². The van der Waals surface area contributed by atoms with Crippen LogP contribution in [0.3, 0.4) is 0 Å². The Balaban J connectivity index is 2.09. The fraction of sp³-hybridized carbons (Fsp3) is 0.417. The smallest absolute Gasteiger partial charge is 0.177 e. The van der Waals surface area contributed by atoms with E-state index >= 15 is 0 Å². The highest BCUT2D eigenvalue weighted by Gasteiger charge is 2.14. The van der Waals surface area contributed by atoms with Crippen molar-refractivity contribution >= 4 is 11.2 Å². The quantitative estimate of drug-likeness (QED) is 0.767. The molecule has 3 heterocycles. The van der Waals surface area contributed by atoms with Gasteiger partial charge in [0, 0.05) is 13.2 Å². The summed E-state index contributed by atoms with van der Waals surface area (Å²) in [7, 11) is 1.90. The molecule has 0 saturated heterocycles. The molecule has 18 heavy (non-hydrogen) atoms. The largest absolute Gasteiger partial charge is 0.335 e. The number of rotatable bonds is 3. The Bertz CT molecular complexity index is 674. The van der Waals surface area contributed by atoms with Gasteiger partial charge in [-0.05, 0) is 13.3 Å². The Morgan fingerprint density at radius 2 is 2.17 bits per heavy atom. The standard InChI is InChI=1S/C12H16N6/c1-4-8(2)18-12-10(6-14-18)15-11(16-12)9-5-13-17(3)7-9/h5-8H,4H2,1-3H3,(H,15,16). The molecule has 0 radical (unpaired) electrons. The lowest BCUT2D eigenvalue weighted by molar-refractivity contribution is 0.490. The Hall–Kier alpha value is -2.11. The molecular weight excluding hydrogens is 228 g/mol. The molecular formula is C12H16N6. The molecule has 0 aliphatic carbocycles. The highest BCUT2D eigenvalue weighted by Crippen LogP contribution is 2.22. The van der Waals surface area contributed by atoms with Crippen LogP contribution in [0.15, 0.2) is 18.6 Å². The highest BCUT2D eigenvalue weighted by atomic mass is 15.3. The second-order valence-electron chi connectivity index (χ2n) is 4.57. The van der Waals surface area contributed by atoms with E-state index in [1.807, 2.05) is 24.1 Å². The van der Waals surface area contributed by atoms with Gasteiger partial charge < -0.3 is 4.98 Å². The molecule has 1 atom stereocenters. The van der Waals surface area contributed by atoms with E-state index in [-0.39, 0.29) is 0 Å². The number of hydrogen-bond donors (Lipinski definition) is 1. The molecule has 1 N–H and O–H groups in total. The van der Waals surface area contributed by atoms with Crippen LogP contribution in [-0.2, 0) is 7.05 Å². The average Bonchev–Trinajstić information content (AvgIpc) is 3.01. The molecule has 0 amide bonds. The van der Waals surface area contributed by atoms with Crippen molar-refractivity contribution in [3.8, 4) is 11.4 Å². The maximum Gasteiger partial charge on any atom is 0.177 e. The van der Waals surface area contributed by atoms with Crippen molar-refractivity contribution in [1.29, 1.82) is 0 Å². The Morgan fingerprint density at radius 3 is 2.83 bits per heavy atom. The number of aromatic amines is 1. The number of imidazole rings is 1. The van der Waals surface area contributed by atoms with Gasteiger partial charge in [-0.15, -0.1) is 0 Å². The second-order valence-corrected chi connectivity index (χ2v) is 4.57. The van der Waals surface area contributed by atoms with Gasteiger partial charge >= 0.3 is 0 Å². The third-order valence-electron chi connectivity index (χ3n) is 3.23. The molecule has 0 fully saturated rings. The lowest BCUT2D eigenvalue weighted by Gasteiger charge is -2.08. The first kappa shape index (κ1) is 11.0. The minimum Gasteiger partial charge on any atom is -0.335 e. The van der Waals surface area contributed by atoms with Crippen molar-refractivity contribution in [3.05, 3.63) is 18.6 Å². The Kier molecular flexibility index (Phi) is 2.43. The van der Waals surface area contributed by atoms with Gasteiger partial charge in [-0.1, -0.05) is 6.92 Å². The lowest BCUT2D eigenvalue weighted by Crippen LogP contribution is -2.05. The van der Waals surface area contributed by atoms with Crippen LogP contribution in [0.25, 0.3) is 22.6 Å². The van der Waals surface area contributed by atoms with Crippen LogP contribution in [-0.4, -0.2) is 29.5 Å². The highest BCUT2D eigenvalue weighted by molar-refractivity contribution is 5.75. The molecule has 3 rings (SSSR count). The Morgan fingerprint density at radius 1 is 1.33 bits per heavy atom. The zero-order valence-electron chi connectivity index (χ0n) is 10.8. The van der Waals surface area contributed by atoms with Crippen molar-refractivity contribution < 1.29 is 0 Å². The zero-order chi connectivity index (χ0) is 12.7. The molecule has 3 aromatic rings. The molecule has 94 valence electrons. The molecule has 0 spiro atoms.